The average molecular weight is 187 g/mol. The van der Waals surface area contributed by atoms with Crippen LogP contribution in [0.2, 0.25) is 0 Å². The molecule has 1 saturated carbocycles. The van der Waals surface area contributed by atoms with Crippen LogP contribution in [-0.4, -0.2) is 37.0 Å². The van der Waals surface area contributed by atoms with Crippen LogP contribution in [0.25, 0.3) is 0 Å². The van der Waals surface area contributed by atoms with Crippen molar-refractivity contribution in [2.24, 2.45) is 0 Å². The van der Waals surface area contributed by atoms with Crippen LogP contribution < -0.4 is 5.32 Å². The number of methoxy groups -OCH3 is 1. The van der Waals surface area contributed by atoms with E-state index in [2.05, 4.69) is 12.2 Å². The number of hydrogen-bond acceptors (Lipinski definition) is 3. The van der Waals surface area contributed by atoms with Gasteiger partial charge in [0.2, 0.25) is 0 Å². The van der Waals surface area contributed by atoms with Gasteiger partial charge in [-0.05, 0) is 19.8 Å². The lowest BCUT2D eigenvalue weighted by atomic mass is 9.92. The third-order valence-corrected chi connectivity index (χ3v) is 2.64. The number of hydrogen-bond donors (Lipinski definition) is 2. The molecule has 0 heterocycles. The zero-order valence-electron chi connectivity index (χ0n) is 8.62. The largest absolute Gasteiger partial charge is 0.392 e. The Hall–Kier alpha value is -0.120. The topological polar surface area (TPSA) is 41.5 Å². The van der Waals surface area contributed by atoms with E-state index < -0.39 is 0 Å². The van der Waals surface area contributed by atoms with Crippen LogP contribution in [0.1, 0.15) is 32.6 Å². The van der Waals surface area contributed by atoms with E-state index in [4.69, 9.17) is 4.74 Å². The lowest BCUT2D eigenvalue weighted by molar-refractivity contribution is 0.0755. The van der Waals surface area contributed by atoms with Crippen molar-refractivity contribution in [1.29, 1.82) is 0 Å². The van der Waals surface area contributed by atoms with Gasteiger partial charge in [0.1, 0.15) is 0 Å². The molecule has 3 nitrogen and oxygen atoms in total. The summed E-state index contributed by atoms with van der Waals surface area (Å²) in [6.45, 7) is 2.80. The molecule has 0 unspecified atom stereocenters. The fourth-order valence-corrected chi connectivity index (χ4v) is 1.97. The van der Waals surface area contributed by atoms with E-state index >= 15 is 0 Å². The smallest absolute Gasteiger partial charge is 0.0693 e. The van der Waals surface area contributed by atoms with Gasteiger partial charge in [0, 0.05) is 19.2 Å². The molecular weight excluding hydrogens is 166 g/mol. The molecule has 1 aliphatic rings. The van der Waals surface area contributed by atoms with Crippen molar-refractivity contribution in [3.05, 3.63) is 0 Å². The number of aliphatic hydroxyl groups is 1. The Morgan fingerprint density at radius 3 is 2.77 bits per heavy atom. The van der Waals surface area contributed by atoms with Gasteiger partial charge < -0.3 is 15.2 Å². The Bertz CT molecular complexity index is 141. The molecule has 3 heteroatoms. The monoisotopic (exact) mass is 187 g/mol. The predicted octanol–water partition coefficient (Wildman–Crippen LogP) is 0.914. The summed E-state index contributed by atoms with van der Waals surface area (Å²) in [5, 5.41) is 13.1. The van der Waals surface area contributed by atoms with Gasteiger partial charge in [0.15, 0.2) is 0 Å². The summed E-state index contributed by atoms with van der Waals surface area (Å²) in [6, 6.07) is 0.613. The molecule has 3 atom stereocenters. The second kappa shape index (κ2) is 5.58. The lowest BCUT2D eigenvalue weighted by Gasteiger charge is -2.30. The van der Waals surface area contributed by atoms with Crippen LogP contribution in [0.5, 0.6) is 0 Å². The average Bonchev–Trinajstić information content (AvgIpc) is 2.09. The fraction of sp³-hybridized carbons (Fsp3) is 1.00. The molecule has 13 heavy (non-hydrogen) atoms. The Labute approximate surface area is 80.5 Å². The van der Waals surface area contributed by atoms with Crippen molar-refractivity contribution in [2.75, 3.05) is 13.7 Å². The van der Waals surface area contributed by atoms with E-state index in [0.717, 1.165) is 19.3 Å². The lowest BCUT2D eigenvalue weighted by Crippen LogP contribution is -2.47. The summed E-state index contributed by atoms with van der Waals surface area (Å²) < 4.78 is 5.04. The minimum Gasteiger partial charge on any atom is -0.392 e. The van der Waals surface area contributed by atoms with Gasteiger partial charge in [-0.25, -0.2) is 0 Å². The number of aliphatic hydroxyl groups excluding tert-OH is 1. The van der Waals surface area contributed by atoms with E-state index in [9.17, 15) is 5.11 Å². The van der Waals surface area contributed by atoms with E-state index in [-0.39, 0.29) is 12.1 Å². The van der Waals surface area contributed by atoms with Crippen LogP contribution in [-0.2, 0) is 4.74 Å². The molecule has 0 aromatic rings. The molecule has 1 fully saturated rings. The van der Waals surface area contributed by atoms with Gasteiger partial charge in [-0.3, -0.25) is 0 Å². The Morgan fingerprint density at radius 2 is 2.15 bits per heavy atom. The Kier molecular flexibility index (Phi) is 4.70. The van der Waals surface area contributed by atoms with Gasteiger partial charge in [0.25, 0.3) is 0 Å². The highest BCUT2D eigenvalue weighted by Gasteiger charge is 2.23. The number of ether oxygens (including phenoxy) is 1. The zero-order valence-corrected chi connectivity index (χ0v) is 8.62. The normalized spacial score (nSPS) is 31.6. The molecule has 0 radical (unpaired) electrons. The maximum Gasteiger partial charge on any atom is 0.0693 e. The summed E-state index contributed by atoms with van der Waals surface area (Å²) in [5.41, 5.74) is 0. The predicted molar refractivity (Wildman–Crippen MR) is 52.7 cm³/mol. The zero-order chi connectivity index (χ0) is 9.68. The van der Waals surface area contributed by atoms with Gasteiger partial charge in [-0.15, -0.1) is 0 Å². The SMILES string of the molecule is COC[C@H](C)N[C@@H]1CCCC[C@@H]1O. The van der Waals surface area contributed by atoms with Crippen molar-refractivity contribution in [3.63, 3.8) is 0 Å². The van der Waals surface area contributed by atoms with Crippen LogP contribution in [0, 0.1) is 0 Å². The van der Waals surface area contributed by atoms with Crippen LogP contribution in [0.15, 0.2) is 0 Å². The van der Waals surface area contributed by atoms with Gasteiger partial charge in [0.05, 0.1) is 12.7 Å². The van der Waals surface area contributed by atoms with Crippen molar-refractivity contribution in [2.45, 2.75) is 50.8 Å². The minimum atomic E-state index is -0.159. The van der Waals surface area contributed by atoms with Crippen LogP contribution in [0.4, 0.5) is 0 Å². The van der Waals surface area contributed by atoms with E-state index in [0.29, 0.717) is 12.6 Å². The second-order valence-corrected chi connectivity index (χ2v) is 3.98. The van der Waals surface area contributed by atoms with Crippen molar-refractivity contribution in [3.8, 4) is 0 Å². The molecule has 0 aromatic carbocycles. The molecule has 0 amide bonds. The minimum absolute atomic E-state index is 0.159. The molecular formula is C10H21NO2. The fourth-order valence-electron chi connectivity index (χ4n) is 1.97. The number of nitrogens with one attached hydrogen (secondary N) is 1. The second-order valence-electron chi connectivity index (χ2n) is 3.98. The van der Waals surface area contributed by atoms with E-state index in [1.54, 1.807) is 7.11 Å². The summed E-state index contributed by atoms with van der Waals surface area (Å²) in [7, 11) is 1.70. The third-order valence-electron chi connectivity index (χ3n) is 2.64. The highest BCUT2D eigenvalue weighted by molar-refractivity contribution is 4.82. The van der Waals surface area contributed by atoms with Crippen LogP contribution in [0.3, 0.4) is 0 Å². The van der Waals surface area contributed by atoms with Gasteiger partial charge in [-0.1, -0.05) is 12.8 Å². The first-order valence-electron chi connectivity index (χ1n) is 5.17. The Morgan fingerprint density at radius 1 is 1.46 bits per heavy atom. The summed E-state index contributed by atoms with van der Waals surface area (Å²) >= 11 is 0. The molecule has 0 aromatic heterocycles. The summed E-state index contributed by atoms with van der Waals surface area (Å²) in [4.78, 5) is 0. The molecule has 1 rings (SSSR count). The Balaban J connectivity index is 2.25. The molecule has 0 bridgehead atoms. The molecule has 78 valence electrons. The quantitative estimate of drug-likeness (QED) is 0.687. The maximum absolute atomic E-state index is 9.68. The van der Waals surface area contributed by atoms with Gasteiger partial charge >= 0.3 is 0 Å². The third kappa shape index (κ3) is 3.63. The van der Waals surface area contributed by atoms with E-state index in [1.807, 2.05) is 0 Å². The van der Waals surface area contributed by atoms with Crippen LogP contribution >= 0.6 is 0 Å². The highest BCUT2D eigenvalue weighted by atomic mass is 16.5. The maximum atomic E-state index is 9.68. The first kappa shape index (κ1) is 11.0. The van der Waals surface area contributed by atoms with E-state index in [1.165, 1.54) is 6.42 Å². The first-order chi connectivity index (χ1) is 6.24. The molecule has 0 aliphatic heterocycles. The van der Waals surface area contributed by atoms with Crippen molar-refractivity contribution in [1.82, 2.24) is 5.32 Å². The first-order valence-corrected chi connectivity index (χ1v) is 5.17. The van der Waals surface area contributed by atoms with Crippen molar-refractivity contribution < 1.29 is 9.84 Å². The summed E-state index contributed by atoms with van der Waals surface area (Å²) in [5.74, 6) is 0. The molecule has 2 N–H and O–H groups in total. The standard InChI is InChI=1S/C10H21NO2/c1-8(7-13-2)11-9-5-3-4-6-10(9)12/h8-12H,3-7H2,1-2H3/t8-,9+,10-/m0/s1. The molecule has 0 spiro atoms. The number of rotatable bonds is 4. The van der Waals surface area contributed by atoms with Gasteiger partial charge in [-0.2, -0.15) is 0 Å². The molecule has 1 aliphatic carbocycles. The summed E-state index contributed by atoms with van der Waals surface area (Å²) in [6.07, 6.45) is 4.27. The molecule has 0 saturated heterocycles. The van der Waals surface area contributed by atoms with Crippen molar-refractivity contribution >= 4 is 0 Å². The highest BCUT2D eigenvalue weighted by Crippen LogP contribution is 2.18.